The van der Waals surface area contributed by atoms with Crippen molar-refractivity contribution >= 4 is 23.4 Å². The van der Waals surface area contributed by atoms with Crippen molar-refractivity contribution in [3.63, 3.8) is 0 Å². The third kappa shape index (κ3) is 5.35. The molecule has 1 heterocycles. The molecule has 3 rings (SSSR count). The zero-order chi connectivity index (χ0) is 24.2. The Morgan fingerprint density at radius 3 is 2.55 bits per heavy atom. The van der Waals surface area contributed by atoms with E-state index in [4.69, 9.17) is 14.7 Å². The van der Waals surface area contributed by atoms with Crippen molar-refractivity contribution in [2.75, 3.05) is 18.7 Å². The molecule has 7 nitrogen and oxygen atoms in total. The number of hydrogen-bond acceptors (Lipinski definition) is 7. The average molecular weight is 474 g/mol. The molecule has 0 saturated carbocycles. The van der Waals surface area contributed by atoms with Gasteiger partial charge in [0.15, 0.2) is 17.2 Å². The van der Waals surface area contributed by atoms with Crippen LogP contribution < -0.4 is 14.8 Å². The van der Waals surface area contributed by atoms with Gasteiger partial charge in [0.25, 0.3) is 11.8 Å². The van der Waals surface area contributed by atoms with E-state index in [1.165, 1.54) is 37.1 Å². The lowest BCUT2D eigenvalue weighted by atomic mass is 10.1. The average Bonchev–Trinajstić information content (AvgIpc) is 2.78. The van der Waals surface area contributed by atoms with Crippen LogP contribution >= 0.6 is 11.8 Å². The number of alkyl halides is 3. The molecule has 1 aromatic heterocycles. The van der Waals surface area contributed by atoms with E-state index in [0.717, 1.165) is 11.8 Å². The first-order valence-corrected chi connectivity index (χ1v) is 10.6. The van der Waals surface area contributed by atoms with Crippen molar-refractivity contribution in [1.29, 1.82) is 5.26 Å². The Kier molecular flexibility index (Phi) is 7.08. The number of carbonyl (C=O) groups excluding carboxylic acids is 1. The maximum Gasteiger partial charge on any atom is 0.435 e. The summed E-state index contributed by atoms with van der Waals surface area (Å²) in [5.41, 5.74) is -1.51. The van der Waals surface area contributed by atoms with Crippen LogP contribution in [0.1, 0.15) is 27.2 Å². The summed E-state index contributed by atoms with van der Waals surface area (Å²) in [7, 11) is 1.33. The number of benzene rings is 2. The van der Waals surface area contributed by atoms with Gasteiger partial charge in [-0.05, 0) is 49.1 Å². The highest BCUT2D eigenvalue weighted by molar-refractivity contribution is 7.98. The van der Waals surface area contributed by atoms with Gasteiger partial charge in [-0.15, -0.1) is 22.0 Å². The molecular formula is C22H17F3N4O3S. The SMILES string of the molecule is COc1cc(C#N)ccc1Oc1nnc(C(F)(F)F)c(C)c1C(=O)Nc1cccc(SC)c1. The topological polar surface area (TPSA) is 97.1 Å². The number of thioether (sulfide) groups is 1. The summed E-state index contributed by atoms with van der Waals surface area (Å²) < 4.78 is 51.2. The van der Waals surface area contributed by atoms with E-state index in [2.05, 4.69) is 15.5 Å². The lowest BCUT2D eigenvalue weighted by Crippen LogP contribution is -2.20. The quantitative estimate of drug-likeness (QED) is 0.475. The van der Waals surface area contributed by atoms with Crippen molar-refractivity contribution in [2.24, 2.45) is 0 Å². The van der Waals surface area contributed by atoms with E-state index in [0.29, 0.717) is 5.69 Å². The molecule has 0 atom stereocenters. The Morgan fingerprint density at radius 1 is 1.15 bits per heavy atom. The van der Waals surface area contributed by atoms with Crippen molar-refractivity contribution in [3.05, 3.63) is 64.8 Å². The molecule has 0 aliphatic rings. The zero-order valence-electron chi connectivity index (χ0n) is 17.6. The number of methoxy groups -OCH3 is 1. The summed E-state index contributed by atoms with van der Waals surface area (Å²) in [4.78, 5) is 13.9. The van der Waals surface area contributed by atoms with Crippen LogP contribution in [0.4, 0.5) is 18.9 Å². The second-order valence-corrected chi connectivity index (χ2v) is 7.50. The summed E-state index contributed by atoms with van der Waals surface area (Å²) in [5, 5.41) is 18.4. The van der Waals surface area contributed by atoms with E-state index >= 15 is 0 Å². The predicted octanol–water partition coefficient (Wildman–Crippen LogP) is 5.45. The molecule has 1 N–H and O–H groups in total. The molecule has 33 heavy (non-hydrogen) atoms. The monoisotopic (exact) mass is 474 g/mol. The summed E-state index contributed by atoms with van der Waals surface area (Å²) in [6.07, 6.45) is -2.97. The smallest absolute Gasteiger partial charge is 0.435 e. The van der Waals surface area contributed by atoms with Gasteiger partial charge >= 0.3 is 6.18 Å². The number of hydrogen-bond donors (Lipinski definition) is 1. The van der Waals surface area contributed by atoms with Crippen molar-refractivity contribution in [2.45, 2.75) is 18.0 Å². The van der Waals surface area contributed by atoms with Gasteiger partial charge in [-0.2, -0.15) is 18.4 Å². The Labute approximate surface area is 191 Å². The highest BCUT2D eigenvalue weighted by atomic mass is 32.2. The molecule has 2 aromatic carbocycles. The van der Waals surface area contributed by atoms with Crippen molar-refractivity contribution in [1.82, 2.24) is 10.2 Å². The molecule has 0 unspecified atom stereocenters. The number of aromatic nitrogens is 2. The van der Waals surface area contributed by atoms with Gasteiger partial charge in [-0.1, -0.05) is 6.07 Å². The molecule has 0 fully saturated rings. The Hall–Kier alpha value is -3.78. The third-order valence-electron chi connectivity index (χ3n) is 4.51. The van der Waals surface area contributed by atoms with Crippen molar-refractivity contribution in [3.8, 4) is 23.4 Å². The third-order valence-corrected chi connectivity index (χ3v) is 5.23. The summed E-state index contributed by atoms with van der Waals surface area (Å²) in [6.45, 7) is 1.12. The van der Waals surface area contributed by atoms with Gasteiger partial charge in [-0.3, -0.25) is 4.79 Å². The number of nitrogens with zero attached hydrogens (tertiary/aromatic N) is 3. The minimum atomic E-state index is -4.82. The normalized spacial score (nSPS) is 10.9. The largest absolute Gasteiger partial charge is 0.493 e. The molecule has 3 aromatic rings. The molecule has 0 aliphatic heterocycles. The lowest BCUT2D eigenvalue weighted by Gasteiger charge is -2.17. The predicted molar refractivity (Wildman–Crippen MR) is 116 cm³/mol. The maximum atomic E-state index is 13.5. The number of amides is 1. The van der Waals surface area contributed by atoms with E-state index in [1.54, 1.807) is 18.2 Å². The lowest BCUT2D eigenvalue weighted by molar-refractivity contribution is -0.142. The number of anilines is 1. The van der Waals surface area contributed by atoms with Crippen LogP contribution in [-0.4, -0.2) is 29.5 Å². The number of carbonyl (C=O) groups is 1. The fourth-order valence-corrected chi connectivity index (χ4v) is 3.39. The standard InChI is InChI=1S/C22H17F3N4O3S/c1-12-18(20(30)27-14-5-4-6-15(10-14)33-3)21(29-28-19(12)22(23,24)25)32-16-8-7-13(11-26)9-17(16)31-2/h4-10H,1-3H3,(H,27,30). The highest BCUT2D eigenvalue weighted by Crippen LogP contribution is 2.37. The molecule has 0 saturated heterocycles. The van der Waals surface area contributed by atoms with Crippen LogP contribution in [0, 0.1) is 18.3 Å². The highest BCUT2D eigenvalue weighted by Gasteiger charge is 2.38. The van der Waals surface area contributed by atoms with E-state index in [9.17, 15) is 18.0 Å². The van der Waals surface area contributed by atoms with Crippen LogP contribution in [0.25, 0.3) is 0 Å². The molecule has 1 amide bonds. The summed E-state index contributed by atoms with van der Waals surface area (Å²) in [5.74, 6) is -1.12. The Bertz CT molecular complexity index is 1240. The summed E-state index contributed by atoms with van der Waals surface area (Å²) in [6, 6.07) is 13.0. The molecular weight excluding hydrogens is 457 g/mol. The molecule has 170 valence electrons. The van der Waals surface area contributed by atoms with Crippen LogP contribution in [0.3, 0.4) is 0 Å². The van der Waals surface area contributed by atoms with Crippen molar-refractivity contribution < 1.29 is 27.4 Å². The van der Waals surface area contributed by atoms with E-state index in [-0.39, 0.29) is 17.1 Å². The van der Waals surface area contributed by atoms with Crippen LogP contribution in [0.15, 0.2) is 47.4 Å². The molecule has 0 aliphatic carbocycles. The number of rotatable bonds is 6. The van der Waals surface area contributed by atoms with E-state index < -0.39 is 34.8 Å². The Balaban J connectivity index is 2.08. The minimum absolute atomic E-state index is 0.0448. The van der Waals surface area contributed by atoms with Gasteiger partial charge in [0.1, 0.15) is 5.56 Å². The fourth-order valence-electron chi connectivity index (χ4n) is 2.93. The second-order valence-electron chi connectivity index (χ2n) is 6.62. The van der Waals surface area contributed by atoms with E-state index in [1.807, 2.05) is 18.4 Å². The van der Waals surface area contributed by atoms with Crippen LogP contribution in [-0.2, 0) is 6.18 Å². The first kappa shape index (κ1) is 23.9. The number of nitrogens with one attached hydrogen (secondary N) is 1. The molecule has 0 radical (unpaired) electrons. The van der Waals surface area contributed by atoms with Gasteiger partial charge in [-0.25, -0.2) is 0 Å². The van der Waals surface area contributed by atoms with Crippen LogP contribution in [0.5, 0.6) is 17.4 Å². The van der Waals surface area contributed by atoms with Gasteiger partial charge in [0, 0.05) is 16.6 Å². The second kappa shape index (κ2) is 9.79. The minimum Gasteiger partial charge on any atom is -0.493 e. The molecule has 0 bridgehead atoms. The number of ether oxygens (including phenoxy) is 2. The van der Waals surface area contributed by atoms with Crippen LogP contribution in [0.2, 0.25) is 0 Å². The molecule has 0 spiro atoms. The molecule has 11 heteroatoms. The zero-order valence-corrected chi connectivity index (χ0v) is 18.5. The fraction of sp³-hybridized carbons (Fsp3) is 0.182. The first-order valence-electron chi connectivity index (χ1n) is 9.33. The number of halogens is 3. The maximum absolute atomic E-state index is 13.5. The van der Waals surface area contributed by atoms with Gasteiger partial charge in [0.2, 0.25) is 0 Å². The summed E-state index contributed by atoms with van der Waals surface area (Å²) >= 11 is 1.44. The van der Waals surface area contributed by atoms with Gasteiger partial charge in [0.05, 0.1) is 18.7 Å². The number of nitriles is 1. The first-order chi connectivity index (χ1) is 15.7. The van der Waals surface area contributed by atoms with Gasteiger partial charge < -0.3 is 14.8 Å². The Morgan fingerprint density at radius 2 is 1.91 bits per heavy atom.